The molecular formula is C18H16N2O3. The number of nitrogens with one attached hydrogen (secondary N) is 1. The van der Waals surface area contributed by atoms with Crippen molar-refractivity contribution < 1.29 is 14.7 Å². The molecule has 0 aliphatic heterocycles. The molecule has 2 aromatic rings. The van der Waals surface area contributed by atoms with E-state index in [2.05, 4.69) is 28.5 Å². The quantitative estimate of drug-likeness (QED) is 0.911. The molecule has 1 fully saturated rings. The van der Waals surface area contributed by atoms with Crippen LogP contribution in [-0.2, 0) is 6.42 Å². The van der Waals surface area contributed by atoms with Crippen LogP contribution in [-0.4, -0.2) is 28.0 Å². The van der Waals surface area contributed by atoms with Crippen molar-refractivity contribution in [2.45, 2.75) is 24.8 Å². The summed E-state index contributed by atoms with van der Waals surface area (Å²) in [5, 5.41) is 11.9. The van der Waals surface area contributed by atoms with Crippen LogP contribution < -0.4 is 5.32 Å². The largest absolute Gasteiger partial charge is 0.477 e. The second-order valence-corrected chi connectivity index (χ2v) is 6.16. The number of carbonyl (C=O) groups is 2. The van der Waals surface area contributed by atoms with Crippen LogP contribution in [0.25, 0.3) is 0 Å². The Kier molecular flexibility index (Phi) is 3.15. The van der Waals surface area contributed by atoms with E-state index in [1.54, 1.807) is 0 Å². The molecule has 3 atom stereocenters. The minimum absolute atomic E-state index is 0.0597. The van der Waals surface area contributed by atoms with E-state index in [0.717, 1.165) is 12.8 Å². The van der Waals surface area contributed by atoms with Gasteiger partial charge in [-0.1, -0.05) is 24.3 Å². The molecule has 1 aromatic carbocycles. The third kappa shape index (κ3) is 2.38. The lowest BCUT2D eigenvalue weighted by Gasteiger charge is -2.13. The van der Waals surface area contributed by atoms with Gasteiger partial charge in [-0.2, -0.15) is 0 Å². The van der Waals surface area contributed by atoms with Crippen LogP contribution in [0.4, 0.5) is 0 Å². The number of carboxylic acid groups (broad SMARTS) is 1. The molecule has 3 unspecified atom stereocenters. The van der Waals surface area contributed by atoms with Crippen molar-refractivity contribution in [2.24, 2.45) is 5.92 Å². The van der Waals surface area contributed by atoms with Gasteiger partial charge < -0.3 is 10.4 Å². The molecule has 2 aliphatic rings. The zero-order valence-electron chi connectivity index (χ0n) is 12.4. The Labute approximate surface area is 133 Å². The van der Waals surface area contributed by atoms with Gasteiger partial charge in [0.25, 0.3) is 5.91 Å². The van der Waals surface area contributed by atoms with Crippen LogP contribution in [0.5, 0.6) is 0 Å². The predicted octanol–water partition coefficient (Wildman–Crippen LogP) is 2.24. The Balaban J connectivity index is 1.48. The molecule has 5 heteroatoms. The average Bonchev–Trinajstić information content (AvgIpc) is 3.28. The van der Waals surface area contributed by atoms with Crippen LogP contribution >= 0.6 is 0 Å². The molecule has 0 radical (unpaired) electrons. The number of aromatic carboxylic acids is 1. The first-order valence-corrected chi connectivity index (χ1v) is 7.73. The smallest absolute Gasteiger partial charge is 0.354 e. The zero-order valence-corrected chi connectivity index (χ0v) is 12.4. The fourth-order valence-electron chi connectivity index (χ4n) is 3.65. The highest BCUT2D eigenvalue weighted by molar-refractivity contribution is 5.95. The molecule has 23 heavy (non-hydrogen) atoms. The number of nitrogens with zero attached hydrogens (tertiary/aromatic N) is 1. The summed E-state index contributed by atoms with van der Waals surface area (Å²) in [6.45, 7) is 0. The Hall–Kier alpha value is -2.69. The van der Waals surface area contributed by atoms with Gasteiger partial charge in [0.05, 0.1) is 5.56 Å². The molecule has 4 rings (SSSR count). The lowest BCUT2D eigenvalue weighted by Crippen LogP contribution is -2.27. The molecule has 1 aromatic heterocycles. The molecule has 5 nitrogen and oxygen atoms in total. The van der Waals surface area contributed by atoms with Gasteiger partial charge in [-0.05, 0) is 42.0 Å². The number of amides is 1. The van der Waals surface area contributed by atoms with Crippen LogP contribution in [0.15, 0.2) is 42.6 Å². The Morgan fingerprint density at radius 1 is 1.17 bits per heavy atom. The number of carbonyl (C=O) groups excluding carboxylic acids is 1. The fraction of sp³-hybridized carbons (Fsp3) is 0.278. The number of pyridine rings is 1. The first-order valence-electron chi connectivity index (χ1n) is 7.73. The minimum atomic E-state index is -1.10. The van der Waals surface area contributed by atoms with Crippen molar-refractivity contribution in [1.82, 2.24) is 10.3 Å². The van der Waals surface area contributed by atoms with Crippen molar-refractivity contribution in [3.8, 4) is 0 Å². The molecule has 116 valence electrons. The number of fused-ring (bicyclic) bond motifs is 3. The molecule has 1 saturated carbocycles. The number of aromatic nitrogens is 1. The first-order chi connectivity index (χ1) is 11.1. The van der Waals surface area contributed by atoms with E-state index in [1.165, 1.54) is 29.5 Å². The van der Waals surface area contributed by atoms with Gasteiger partial charge in [-0.15, -0.1) is 0 Å². The Bertz CT molecular complexity index is 785. The summed E-state index contributed by atoms with van der Waals surface area (Å²) < 4.78 is 0. The molecular weight excluding hydrogens is 292 g/mol. The number of rotatable bonds is 3. The maximum absolute atomic E-state index is 12.3. The van der Waals surface area contributed by atoms with Crippen molar-refractivity contribution in [2.75, 3.05) is 0 Å². The summed E-state index contributed by atoms with van der Waals surface area (Å²) in [6.07, 6.45) is 3.49. The van der Waals surface area contributed by atoms with Crippen LogP contribution in [0.2, 0.25) is 0 Å². The summed E-state index contributed by atoms with van der Waals surface area (Å²) in [4.78, 5) is 26.9. The minimum Gasteiger partial charge on any atom is -0.477 e. The van der Waals surface area contributed by atoms with E-state index in [1.807, 2.05) is 6.07 Å². The second kappa shape index (κ2) is 5.19. The molecule has 2 N–H and O–H groups in total. The van der Waals surface area contributed by atoms with Gasteiger partial charge in [-0.3, -0.25) is 4.79 Å². The molecule has 1 heterocycles. The Morgan fingerprint density at radius 3 is 2.74 bits per heavy atom. The normalized spacial score (nSPS) is 24.3. The standard InChI is InChI=1S/C18H16N2O3/c21-17(11-6-8-14(18(22)23)19-9-11)20-16-13-7-5-10-3-1-2-4-12(10)15(13)16/h1-4,6,8-9,13,15-16H,5,7H2,(H,20,21)(H,22,23). The average molecular weight is 308 g/mol. The van der Waals surface area contributed by atoms with Crippen molar-refractivity contribution in [3.63, 3.8) is 0 Å². The van der Waals surface area contributed by atoms with Gasteiger partial charge in [-0.25, -0.2) is 9.78 Å². The number of benzene rings is 1. The number of aryl methyl sites for hydroxylation is 1. The van der Waals surface area contributed by atoms with Gasteiger partial charge in [0.15, 0.2) is 0 Å². The van der Waals surface area contributed by atoms with E-state index in [9.17, 15) is 9.59 Å². The van der Waals surface area contributed by atoms with Gasteiger partial charge in [0.1, 0.15) is 5.69 Å². The predicted molar refractivity (Wildman–Crippen MR) is 83.4 cm³/mol. The van der Waals surface area contributed by atoms with Gasteiger partial charge in [0, 0.05) is 18.2 Å². The van der Waals surface area contributed by atoms with Crippen LogP contribution in [0, 0.1) is 5.92 Å². The van der Waals surface area contributed by atoms with Crippen molar-refractivity contribution >= 4 is 11.9 Å². The molecule has 0 spiro atoms. The lowest BCUT2D eigenvalue weighted by molar-refractivity contribution is 0.0689. The van der Waals surface area contributed by atoms with Gasteiger partial charge >= 0.3 is 5.97 Å². The highest BCUT2D eigenvalue weighted by atomic mass is 16.4. The number of carboxylic acids is 1. The lowest BCUT2D eigenvalue weighted by atomic mass is 9.92. The number of hydrogen-bond donors (Lipinski definition) is 2. The third-order valence-electron chi connectivity index (χ3n) is 4.87. The monoisotopic (exact) mass is 308 g/mol. The van der Waals surface area contributed by atoms with Crippen LogP contribution in [0.3, 0.4) is 0 Å². The van der Waals surface area contributed by atoms with Crippen LogP contribution in [0.1, 0.15) is 44.3 Å². The van der Waals surface area contributed by atoms with E-state index in [0.29, 0.717) is 17.4 Å². The fourth-order valence-corrected chi connectivity index (χ4v) is 3.65. The van der Waals surface area contributed by atoms with Gasteiger partial charge in [0.2, 0.25) is 0 Å². The Morgan fingerprint density at radius 2 is 2.00 bits per heavy atom. The third-order valence-corrected chi connectivity index (χ3v) is 4.87. The highest BCUT2D eigenvalue weighted by Gasteiger charge is 2.53. The van der Waals surface area contributed by atoms with Crippen molar-refractivity contribution in [1.29, 1.82) is 0 Å². The first kappa shape index (κ1) is 13.9. The molecule has 2 aliphatic carbocycles. The highest BCUT2D eigenvalue weighted by Crippen LogP contribution is 2.54. The summed E-state index contributed by atoms with van der Waals surface area (Å²) in [6, 6.07) is 11.5. The van der Waals surface area contributed by atoms with E-state index in [4.69, 9.17) is 5.11 Å². The second-order valence-electron chi connectivity index (χ2n) is 6.16. The van der Waals surface area contributed by atoms with E-state index < -0.39 is 5.97 Å². The molecule has 1 amide bonds. The van der Waals surface area contributed by atoms with E-state index in [-0.39, 0.29) is 17.6 Å². The SMILES string of the molecule is O=C(NC1C2CCc3ccccc3C21)c1ccc(C(=O)O)nc1. The maximum Gasteiger partial charge on any atom is 0.354 e. The summed E-state index contributed by atoms with van der Waals surface area (Å²) in [5.41, 5.74) is 3.08. The maximum atomic E-state index is 12.3. The summed E-state index contributed by atoms with van der Waals surface area (Å²) in [7, 11) is 0. The summed E-state index contributed by atoms with van der Waals surface area (Å²) in [5.74, 6) is -0.358. The zero-order chi connectivity index (χ0) is 16.0. The molecule has 0 saturated heterocycles. The van der Waals surface area contributed by atoms with E-state index >= 15 is 0 Å². The topological polar surface area (TPSA) is 79.3 Å². The molecule has 0 bridgehead atoms. The van der Waals surface area contributed by atoms with Crippen molar-refractivity contribution in [3.05, 3.63) is 65.0 Å². The number of hydrogen-bond acceptors (Lipinski definition) is 3. The summed E-state index contributed by atoms with van der Waals surface area (Å²) >= 11 is 0.